The van der Waals surface area contributed by atoms with Crippen LogP contribution in [-0.4, -0.2) is 23.9 Å². The average Bonchev–Trinajstić information content (AvgIpc) is 2.31. The molecule has 0 aromatic rings. The summed E-state index contributed by atoms with van der Waals surface area (Å²) in [7, 11) is 0. The topological polar surface area (TPSA) is 58.2 Å². The highest BCUT2D eigenvalue weighted by molar-refractivity contribution is 5.78. The molecule has 0 radical (unpaired) electrons. The van der Waals surface area contributed by atoms with Gasteiger partial charge in [-0.2, -0.15) is 0 Å². The van der Waals surface area contributed by atoms with Crippen LogP contribution in [0.5, 0.6) is 0 Å². The van der Waals surface area contributed by atoms with Crippen molar-refractivity contribution < 1.29 is 9.59 Å². The Kier molecular flexibility index (Phi) is 6.16. The summed E-state index contributed by atoms with van der Waals surface area (Å²) in [5, 5.41) is 6.13. The molecule has 0 atom stereocenters. The monoisotopic (exact) mass is 254 g/mol. The van der Waals surface area contributed by atoms with Crippen molar-refractivity contribution in [3.8, 4) is 0 Å². The van der Waals surface area contributed by atoms with Crippen LogP contribution >= 0.6 is 0 Å². The van der Waals surface area contributed by atoms with E-state index < -0.39 is 0 Å². The first-order valence-electron chi connectivity index (χ1n) is 7.12. The van der Waals surface area contributed by atoms with Gasteiger partial charge in [-0.3, -0.25) is 9.59 Å². The normalized spacial score (nSPS) is 23.8. The molecule has 104 valence electrons. The molecule has 0 aromatic heterocycles. The van der Waals surface area contributed by atoms with Crippen molar-refractivity contribution in [1.82, 2.24) is 10.6 Å². The fourth-order valence-electron chi connectivity index (χ4n) is 2.28. The summed E-state index contributed by atoms with van der Waals surface area (Å²) in [5.41, 5.74) is 0. The summed E-state index contributed by atoms with van der Waals surface area (Å²) in [4.78, 5) is 23.1. The zero-order valence-corrected chi connectivity index (χ0v) is 11.8. The lowest BCUT2D eigenvalue weighted by atomic mass is 9.90. The fourth-order valence-corrected chi connectivity index (χ4v) is 2.28. The van der Waals surface area contributed by atoms with Crippen molar-refractivity contribution in [1.29, 1.82) is 0 Å². The molecule has 0 spiro atoms. The standard InChI is InChI=1S/C14H26N2O2/c1-4-5-13(17)15-11-6-8-12(9-7-11)16-14(18)10(2)3/h10-12H,4-9H2,1-3H3,(H,15,17)(H,16,18). The molecule has 2 N–H and O–H groups in total. The van der Waals surface area contributed by atoms with Gasteiger partial charge in [0, 0.05) is 24.4 Å². The number of carbonyl (C=O) groups is 2. The first-order valence-corrected chi connectivity index (χ1v) is 7.12. The van der Waals surface area contributed by atoms with Gasteiger partial charge in [0.25, 0.3) is 0 Å². The van der Waals surface area contributed by atoms with E-state index in [-0.39, 0.29) is 17.7 Å². The van der Waals surface area contributed by atoms with Gasteiger partial charge >= 0.3 is 0 Å². The largest absolute Gasteiger partial charge is 0.353 e. The lowest BCUT2D eigenvalue weighted by Gasteiger charge is -2.30. The summed E-state index contributed by atoms with van der Waals surface area (Å²) < 4.78 is 0. The van der Waals surface area contributed by atoms with Crippen molar-refractivity contribution in [2.24, 2.45) is 5.92 Å². The van der Waals surface area contributed by atoms with Crippen molar-refractivity contribution in [2.45, 2.75) is 71.4 Å². The lowest BCUT2D eigenvalue weighted by molar-refractivity contribution is -0.125. The number of nitrogens with one attached hydrogen (secondary N) is 2. The number of hydrogen-bond acceptors (Lipinski definition) is 2. The molecular weight excluding hydrogens is 228 g/mol. The van der Waals surface area contributed by atoms with Gasteiger partial charge in [-0.05, 0) is 32.1 Å². The smallest absolute Gasteiger partial charge is 0.222 e. The number of carbonyl (C=O) groups excluding carboxylic acids is 2. The first kappa shape index (κ1) is 15.0. The van der Waals surface area contributed by atoms with E-state index in [1.165, 1.54) is 0 Å². The second-order valence-corrected chi connectivity index (χ2v) is 5.53. The number of rotatable bonds is 5. The minimum absolute atomic E-state index is 0.0481. The Labute approximate surface area is 110 Å². The molecule has 4 nitrogen and oxygen atoms in total. The lowest BCUT2D eigenvalue weighted by Crippen LogP contribution is -2.44. The van der Waals surface area contributed by atoms with E-state index in [4.69, 9.17) is 0 Å². The van der Waals surface area contributed by atoms with Crippen LogP contribution in [0.1, 0.15) is 59.3 Å². The van der Waals surface area contributed by atoms with Gasteiger partial charge in [0.15, 0.2) is 0 Å². The Bertz CT molecular complexity index is 282. The van der Waals surface area contributed by atoms with Gasteiger partial charge in [-0.1, -0.05) is 20.8 Å². The third-order valence-corrected chi connectivity index (χ3v) is 3.44. The molecule has 0 bridgehead atoms. The zero-order chi connectivity index (χ0) is 13.5. The van der Waals surface area contributed by atoms with E-state index in [1.54, 1.807) is 0 Å². The molecule has 18 heavy (non-hydrogen) atoms. The summed E-state index contributed by atoms with van der Waals surface area (Å²) in [5.74, 6) is 0.340. The summed E-state index contributed by atoms with van der Waals surface area (Å²) in [6.45, 7) is 5.83. The van der Waals surface area contributed by atoms with Gasteiger partial charge in [-0.15, -0.1) is 0 Å². The highest BCUT2D eigenvalue weighted by Gasteiger charge is 2.23. The first-order chi connectivity index (χ1) is 8.52. The Morgan fingerprint density at radius 3 is 2.00 bits per heavy atom. The molecule has 1 aliphatic rings. The van der Waals surface area contributed by atoms with Crippen LogP contribution < -0.4 is 10.6 Å². The van der Waals surface area contributed by atoms with Gasteiger partial charge in [-0.25, -0.2) is 0 Å². The van der Waals surface area contributed by atoms with Crippen molar-refractivity contribution in [3.63, 3.8) is 0 Å². The highest BCUT2D eigenvalue weighted by Crippen LogP contribution is 2.19. The molecule has 1 aliphatic carbocycles. The van der Waals surface area contributed by atoms with Crippen molar-refractivity contribution in [2.75, 3.05) is 0 Å². The molecule has 0 aromatic carbocycles. The maximum atomic E-state index is 11.6. The predicted molar refractivity (Wildman–Crippen MR) is 72.1 cm³/mol. The Morgan fingerprint density at radius 1 is 1.06 bits per heavy atom. The summed E-state index contributed by atoms with van der Waals surface area (Å²) in [6, 6.07) is 0.593. The Morgan fingerprint density at radius 2 is 1.56 bits per heavy atom. The van der Waals surface area contributed by atoms with Gasteiger partial charge in [0.05, 0.1) is 0 Å². The van der Waals surface area contributed by atoms with Crippen LogP contribution in [0.15, 0.2) is 0 Å². The summed E-state index contributed by atoms with van der Waals surface area (Å²) in [6.07, 6.45) is 5.39. The Balaban J connectivity index is 2.24. The number of hydrogen-bond donors (Lipinski definition) is 2. The second-order valence-electron chi connectivity index (χ2n) is 5.53. The van der Waals surface area contributed by atoms with E-state index >= 15 is 0 Å². The van der Waals surface area contributed by atoms with Crippen LogP contribution in [0.3, 0.4) is 0 Å². The van der Waals surface area contributed by atoms with Crippen LogP contribution in [-0.2, 0) is 9.59 Å². The molecule has 1 rings (SSSR count). The van der Waals surface area contributed by atoms with Gasteiger partial charge < -0.3 is 10.6 Å². The molecule has 4 heteroatoms. The molecule has 0 unspecified atom stereocenters. The molecule has 0 saturated heterocycles. The summed E-state index contributed by atoms with van der Waals surface area (Å²) >= 11 is 0. The molecule has 2 amide bonds. The molecule has 1 fully saturated rings. The second kappa shape index (κ2) is 7.39. The van der Waals surface area contributed by atoms with E-state index in [9.17, 15) is 9.59 Å². The minimum atomic E-state index is 0.0481. The van der Waals surface area contributed by atoms with Crippen LogP contribution in [0.25, 0.3) is 0 Å². The SMILES string of the molecule is CCCC(=O)NC1CCC(NC(=O)C(C)C)CC1. The van der Waals surface area contributed by atoms with E-state index in [0.29, 0.717) is 18.5 Å². The third-order valence-electron chi connectivity index (χ3n) is 3.44. The van der Waals surface area contributed by atoms with Crippen molar-refractivity contribution in [3.05, 3.63) is 0 Å². The molecule has 0 aliphatic heterocycles. The predicted octanol–water partition coefficient (Wildman–Crippen LogP) is 1.99. The van der Waals surface area contributed by atoms with E-state index in [2.05, 4.69) is 10.6 Å². The van der Waals surface area contributed by atoms with Gasteiger partial charge in [0.2, 0.25) is 11.8 Å². The van der Waals surface area contributed by atoms with Crippen LogP contribution in [0, 0.1) is 5.92 Å². The van der Waals surface area contributed by atoms with Crippen LogP contribution in [0.4, 0.5) is 0 Å². The molecule has 0 heterocycles. The van der Waals surface area contributed by atoms with E-state index in [1.807, 2.05) is 20.8 Å². The van der Waals surface area contributed by atoms with Crippen molar-refractivity contribution >= 4 is 11.8 Å². The van der Waals surface area contributed by atoms with Crippen LogP contribution in [0.2, 0.25) is 0 Å². The quantitative estimate of drug-likeness (QED) is 0.788. The third kappa shape index (κ3) is 5.07. The maximum Gasteiger partial charge on any atom is 0.222 e. The number of amides is 2. The van der Waals surface area contributed by atoms with Gasteiger partial charge in [0.1, 0.15) is 0 Å². The Hall–Kier alpha value is -1.06. The highest BCUT2D eigenvalue weighted by atomic mass is 16.2. The minimum Gasteiger partial charge on any atom is -0.353 e. The fraction of sp³-hybridized carbons (Fsp3) is 0.857. The maximum absolute atomic E-state index is 11.6. The average molecular weight is 254 g/mol. The molecule has 1 saturated carbocycles. The zero-order valence-electron chi connectivity index (χ0n) is 11.8. The van der Waals surface area contributed by atoms with E-state index in [0.717, 1.165) is 32.1 Å². The molecular formula is C14H26N2O2.